The Morgan fingerprint density at radius 2 is 1.82 bits per heavy atom. The number of aryl methyl sites for hydroxylation is 2. The lowest BCUT2D eigenvalue weighted by molar-refractivity contribution is 0.315. The summed E-state index contributed by atoms with van der Waals surface area (Å²) >= 11 is 0. The van der Waals surface area contributed by atoms with Crippen LogP contribution in [-0.2, 0) is 6.42 Å². The highest BCUT2D eigenvalue weighted by Gasteiger charge is 2.02. The molecular weight excluding hydrogens is 274 g/mol. The first kappa shape index (κ1) is 16.2. The van der Waals surface area contributed by atoms with Crippen molar-refractivity contribution in [3.8, 4) is 11.5 Å². The van der Waals surface area contributed by atoms with Crippen molar-refractivity contribution in [2.45, 2.75) is 26.7 Å². The van der Waals surface area contributed by atoms with Crippen molar-refractivity contribution in [2.24, 2.45) is 0 Å². The molecule has 0 saturated carbocycles. The normalized spacial score (nSPS) is 10.3. The zero-order valence-corrected chi connectivity index (χ0v) is 13.7. The minimum atomic E-state index is 0.701. The van der Waals surface area contributed by atoms with Gasteiger partial charge in [-0.05, 0) is 55.2 Å². The van der Waals surface area contributed by atoms with Crippen LogP contribution in [0.3, 0.4) is 0 Å². The summed E-state index contributed by atoms with van der Waals surface area (Å²) in [6, 6.07) is 14.4. The summed E-state index contributed by atoms with van der Waals surface area (Å²) in [5.41, 5.74) is 3.59. The predicted octanol–water partition coefficient (Wildman–Crippen LogP) is 4.45. The van der Waals surface area contributed by atoms with Gasteiger partial charge >= 0.3 is 0 Å². The summed E-state index contributed by atoms with van der Waals surface area (Å²) < 4.78 is 11.1. The van der Waals surface area contributed by atoms with Crippen LogP contribution in [0.5, 0.6) is 11.5 Å². The molecule has 118 valence electrons. The molecule has 3 heteroatoms. The Balaban J connectivity index is 1.74. The zero-order chi connectivity index (χ0) is 15.8. The molecule has 3 nitrogen and oxygen atoms in total. The van der Waals surface area contributed by atoms with E-state index in [0.29, 0.717) is 6.61 Å². The zero-order valence-electron chi connectivity index (χ0n) is 13.7. The van der Waals surface area contributed by atoms with E-state index >= 15 is 0 Å². The van der Waals surface area contributed by atoms with E-state index in [2.05, 4.69) is 37.4 Å². The average Bonchev–Trinajstić information content (AvgIpc) is 2.55. The molecule has 0 unspecified atom stereocenters. The molecule has 22 heavy (non-hydrogen) atoms. The molecule has 0 heterocycles. The average molecular weight is 299 g/mol. The Bertz CT molecular complexity index is 578. The van der Waals surface area contributed by atoms with Crippen molar-refractivity contribution < 1.29 is 9.47 Å². The van der Waals surface area contributed by atoms with Gasteiger partial charge in [0.25, 0.3) is 0 Å². The highest BCUT2D eigenvalue weighted by atomic mass is 16.5. The van der Waals surface area contributed by atoms with Crippen molar-refractivity contribution in [1.82, 2.24) is 0 Å². The number of benzene rings is 2. The predicted molar refractivity (Wildman–Crippen MR) is 92.2 cm³/mol. The Kier molecular flexibility index (Phi) is 6.13. The van der Waals surface area contributed by atoms with Crippen molar-refractivity contribution in [1.29, 1.82) is 0 Å². The molecule has 0 fully saturated rings. The van der Waals surface area contributed by atoms with Crippen LogP contribution in [-0.4, -0.2) is 20.3 Å². The summed E-state index contributed by atoms with van der Waals surface area (Å²) in [5.74, 6) is 1.81. The second-order valence-corrected chi connectivity index (χ2v) is 5.33. The van der Waals surface area contributed by atoms with E-state index < -0.39 is 0 Å². The fourth-order valence-electron chi connectivity index (χ4n) is 2.27. The first-order chi connectivity index (χ1) is 10.7. The third-order valence-electron chi connectivity index (χ3n) is 3.59. The van der Waals surface area contributed by atoms with Gasteiger partial charge in [-0.1, -0.05) is 25.1 Å². The van der Waals surface area contributed by atoms with Gasteiger partial charge in [0.15, 0.2) is 0 Å². The van der Waals surface area contributed by atoms with Crippen LogP contribution in [0.4, 0.5) is 5.69 Å². The third kappa shape index (κ3) is 4.69. The smallest absolute Gasteiger partial charge is 0.141 e. The van der Waals surface area contributed by atoms with Crippen LogP contribution < -0.4 is 14.8 Å². The van der Waals surface area contributed by atoms with E-state index in [1.54, 1.807) is 7.11 Å². The van der Waals surface area contributed by atoms with E-state index in [0.717, 1.165) is 36.6 Å². The molecule has 0 saturated heterocycles. The second kappa shape index (κ2) is 8.32. The van der Waals surface area contributed by atoms with Crippen molar-refractivity contribution in [3.63, 3.8) is 0 Å². The molecular formula is C19H25NO2. The maximum atomic E-state index is 5.75. The summed E-state index contributed by atoms with van der Waals surface area (Å²) in [4.78, 5) is 0. The Morgan fingerprint density at radius 3 is 2.50 bits per heavy atom. The van der Waals surface area contributed by atoms with Gasteiger partial charge in [-0.25, -0.2) is 0 Å². The standard InChI is InChI=1S/C19H25NO2/c1-4-16-7-9-17(10-8-16)22-13-5-12-20-18-14-15(2)6-11-19(18)21-3/h6-11,14,20H,4-5,12-13H2,1-3H3. The largest absolute Gasteiger partial charge is 0.495 e. The Morgan fingerprint density at radius 1 is 1.05 bits per heavy atom. The number of nitrogens with one attached hydrogen (secondary N) is 1. The summed E-state index contributed by atoms with van der Waals surface area (Å²) in [7, 11) is 1.69. The van der Waals surface area contributed by atoms with E-state index in [1.807, 2.05) is 24.3 Å². The molecule has 0 spiro atoms. The van der Waals surface area contributed by atoms with Crippen LogP contribution in [0.1, 0.15) is 24.5 Å². The molecule has 0 aliphatic rings. The Labute approximate surface area is 133 Å². The maximum Gasteiger partial charge on any atom is 0.141 e. The number of ether oxygens (including phenoxy) is 2. The lowest BCUT2D eigenvalue weighted by Gasteiger charge is -2.12. The minimum Gasteiger partial charge on any atom is -0.495 e. The van der Waals surface area contributed by atoms with Gasteiger partial charge in [0.1, 0.15) is 11.5 Å². The van der Waals surface area contributed by atoms with Crippen LogP contribution in [0.2, 0.25) is 0 Å². The van der Waals surface area contributed by atoms with Crippen LogP contribution in [0.15, 0.2) is 42.5 Å². The molecule has 1 N–H and O–H groups in total. The first-order valence-corrected chi connectivity index (χ1v) is 7.83. The highest BCUT2D eigenvalue weighted by Crippen LogP contribution is 2.25. The van der Waals surface area contributed by atoms with Gasteiger partial charge in [-0.3, -0.25) is 0 Å². The highest BCUT2D eigenvalue weighted by molar-refractivity contribution is 5.57. The van der Waals surface area contributed by atoms with E-state index in [4.69, 9.17) is 9.47 Å². The lowest BCUT2D eigenvalue weighted by atomic mass is 10.2. The number of methoxy groups -OCH3 is 1. The molecule has 0 aliphatic carbocycles. The molecule has 0 aromatic heterocycles. The van der Waals surface area contributed by atoms with Crippen molar-refractivity contribution in [3.05, 3.63) is 53.6 Å². The molecule has 2 aromatic rings. The van der Waals surface area contributed by atoms with E-state index in [9.17, 15) is 0 Å². The Hall–Kier alpha value is -2.16. The van der Waals surface area contributed by atoms with Gasteiger partial charge in [0.2, 0.25) is 0 Å². The summed E-state index contributed by atoms with van der Waals surface area (Å²) in [6.45, 7) is 5.79. The van der Waals surface area contributed by atoms with Crippen molar-refractivity contribution in [2.75, 3.05) is 25.6 Å². The molecule has 2 rings (SSSR count). The fourth-order valence-corrected chi connectivity index (χ4v) is 2.27. The van der Waals surface area contributed by atoms with Gasteiger partial charge in [-0.2, -0.15) is 0 Å². The number of hydrogen-bond donors (Lipinski definition) is 1. The number of rotatable bonds is 8. The van der Waals surface area contributed by atoms with Gasteiger partial charge in [0, 0.05) is 6.54 Å². The lowest BCUT2D eigenvalue weighted by Crippen LogP contribution is -2.08. The molecule has 2 aromatic carbocycles. The van der Waals surface area contributed by atoms with Gasteiger partial charge in [-0.15, -0.1) is 0 Å². The molecule has 0 amide bonds. The van der Waals surface area contributed by atoms with Crippen LogP contribution in [0.25, 0.3) is 0 Å². The third-order valence-corrected chi connectivity index (χ3v) is 3.59. The number of hydrogen-bond acceptors (Lipinski definition) is 3. The minimum absolute atomic E-state index is 0.701. The van der Waals surface area contributed by atoms with E-state index in [1.165, 1.54) is 11.1 Å². The van der Waals surface area contributed by atoms with Crippen molar-refractivity contribution >= 4 is 5.69 Å². The topological polar surface area (TPSA) is 30.5 Å². The van der Waals surface area contributed by atoms with Gasteiger partial charge < -0.3 is 14.8 Å². The summed E-state index contributed by atoms with van der Waals surface area (Å²) in [5, 5.41) is 3.40. The van der Waals surface area contributed by atoms with Crippen LogP contribution >= 0.6 is 0 Å². The molecule has 0 radical (unpaired) electrons. The van der Waals surface area contributed by atoms with Gasteiger partial charge in [0.05, 0.1) is 19.4 Å². The SMILES string of the molecule is CCc1ccc(OCCCNc2cc(C)ccc2OC)cc1. The monoisotopic (exact) mass is 299 g/mol. The molecule has 0 atom stereocenters. The second-order valence-electron chi connectivity index (χ2n) is 5.33. The number of anilines is 1. The first-order valence-electron chi connectivity index (χ1n) is 7.83. The van der Waals surface area contributed by atoms with Crippen LogP contribution in [0, 0.1) is 6.92 Å². The molecule has 0 aliphatic heterocycles. The van der Waals surface area contributed by atoms with E-state index in [-0.39, 0.29) is 0 Å². The fraction of sp³-hybridized carbons (Fsp3) is 0.368. The quantitative estimate of drug-likeness (QED) is 0.731. The molecule has 0 bridgehead atoms. The maximum absolute atomic E-state index is 5.75. The summed E-state index contributed by atoms with van der Waals surface area (Å²) in [6.07, 6.45) is 2.00.